The summed E-state index contributed by atoms with van der Waals surface area (Å²) in [5.74, 6) is 4.13. The molecule has 5 heterocycles. The zero-order valence-electron chi connectivity index (χ0n) is 21.2. The summed E-state index contributed by atoms with van der Waals surface area (Å²) in [4.78, 5) is 12.4. The molecule has 0 bridgehead atoms. The molecule has 196 valence electrons. The topological polar surface area (TPSA) is 89.4 Å². The van der Waals surface area contributed by atoms with E-state index in [9.17, 15) is 0 Å². The molecule has 0 spiro atoms. The van der Waals surface area contributed by atoms with Gasteiger partial charge in [-0.25, -0.2) is 14.7 Å². The summed E-state index contributed by atoms with van der Waals surface area (Å²) in [6.07, 6.45) is 0. The minimum absolute atomic E-state index is 0.208. The Morgan fingerprint density at radius 3 is 2.58 bits per heavy atom. The van der Waals surface area contributed by atoms with Crippen molar-refractivity contribution in [2.75, 3.05) is 17.0 Å². The third-order valence-corrected chi connectivity index (χ3v) is 7.56. The van der Waals surface area contributed by atoms with Gasteiger partial charge in [-0.15, -0.1) is 0 Å². The Morgan fingerprint density at radius 1 is 0.900 bits per heavy atom. The zero-order chi connectivity index (χ0) is 26.8. The molecule has 0 saturated heterocycles. The van der Waals surface area contributed by atoms with Gasteiger partial charge in [-0.2, -0.15) is 5.10 Å². The quantitative estimate of drug-likeness (QED) is 0.241. The number of para-hydroxylation sites is 3. The summed E-state index contributed by atoms with van der Waals surface area (Å²) < 4.78 is 19.9. The van der Waals surface area contributed by atoms with Crippen LogP contribution in [0.5, 0.6) is 11.5 Å². The highest BCUT2D eigenvalue weighted by atomic mass is 79.9. The molecule has 0 saturated carbocycles. The largest absolute Gasteiger partial charge is 0.454 e. The first-order valence-corrected chi connectivity index (χ1v) is 13.6. The lowest BCUT2D eigenvalue weighted by Gasteiger charge is -2.39. The predicted octanol–water partition coefficient (Wildman–Crippen LogP) is 7.06. The monoisotopic (exact) mass is 592 g/mol. The summed E-state index contributed by atoms with van der Waals surface area (Å²) in [6, 6.07) is 27.4. The average Bonchev–Trinajstić information content (AvgIpc) is 3.71. The molecule has 0 fully saturated rings. The number of hydrogen-bond donors (Lipinski definition) is 1. The van der Waals surface area contributed by atoms with Crippen molar-refractivity contribution in [3.8, 4) is 17.2 Å². The van der Waals surface area contributed by atoms with Crippen molar-refractivity contribution in [1.29, 1.82) is 0 Å². The van der Waals surface area contributed by atoms with Crippen molar-refractivity contribution < 1.29 is 13.9 Å². The number of nitrogens with zero attached hydrogens (tertiary/aromatic N) is 5. The van der Waals surface area contributed by atoms with E-state index in [0.717, 1.165) is 45.6 Å². The normalized spacial score (nSPS) is 16.6. The molecule has 10 heteroatoms. The number of halogens is 1. The highest BCUT2D eigenvalue weighted by Gasteiger charge is 2.43. The molecule has 2 aromatic heterocycles. The van der Waals surface area contributed by atoms with E-state index in [1.54, 1.807) is 0 Å². The van der Waals surface area contributed by atoms with Crippen molar-refractivity contribution >= 4 is 50.5 Å². The van der Waals surface area contributed by atoms with Crippen LogP contribution in [0.15, 0.2) is 104 Å². The van der Waals surface area contributed by atoms with Gasteiger partial charge in [-0.1, -0.05) is 30.3 Å². The molecule has 8 rings (SSSR count). The van der Waals surface area contributed by atoms with Crippen molar-refractivity contribution in [3.05, 3.63) is 107 Å². The van der Waals surface area contributed by atoms with Crippen LogP contribution in [0, 0.1) is 6.92 Å². The van der Waals surface area contributed by atoms with Gasteiger partial charge in [0.2, 0.25) is 6.79 Å². The van der Waals surface area contributed by atoms with E-state index in [2.05, 4.69) is 32.2 Å². The molecular formula is C30H21BrN6O3. The summed E-state index contributed by atoms with van der Waals surface area (Å²) in [5.41, 5.74) is 5.30. The van der Waals surface area contributed by atoms with Crippen LogP contribution in [0.3, 0.4) is 0 Å². The van der Waals surface area contributed by atoms with E-state index >= 15 is 0 Å². The number of anilines is 2. The fraction of sp³-hybridized carbons (Fsp3) is 0.100. The van der Waals surface area contributed by atoms with E-state index in [0.29, 0.717) is 27.8 Å². The Kier molecular flexibility index (Phi) is 5.11. The predicted molar refractivity (Wildman–Crippen MR) is 156 cm³/mol. The summed E-state index contributed by atoms with van der Waals surface area (Å²) in [5, 5.41) is 8.44. The fourth-order valence-corrected chi connectivity index (χ4v) is 5.72. The van der Waals surface area contributed by atoms with Gasteiger partial charge in [-0.05, 0) is 71.4 Å². The van der Waals surface area contributed by atoms with Crippen LogP contribution in [0.2, 0.25) is 0 Å². The van der Waals surface area contributed by atoms with Crippen LogP contribution in [0.25, 0.3) is 5.69 Å². The van der Waals surface area contributed by atoms with Gasteiger partial charge in [0, 0.05) is 11.8 Å². The fourth-order valence-electron chi connectivity index (χ4n) is 5.40. The van der Waals surface area contributed by atoms with Gasteiger partial charge in [0.05, 0.1) is 28.3 Å². The Bertz CT molecular complexity index is 1860. The lowest BCUT2D eigenvalue weighted by Crippen LogP contribution is -2.46. The number of ether oxygens (including phenoxy) is 2. The molecule has 0 amide bonds. The second-order valence-electron chi connectivity index (χ2n) is 9.56. The van der Waals surface area contributed by atoms with Crippen molar-refractivity contribution in [2.45, 2.75) is 13.0 Å². The third kappa shape index (κ3) is 3.56. The molecule has 5 aromatic rings. The molecule has 0 aliphatic carbocycles. The lowest BCUT2D eigenvalue weighted by atomic mass is 9.98. The van der Waals surface area contributed by atoms with Gasteiger partial charge in [0.25, 0.3) is 0 Å². The third-order valence-electron chi connectivity index (χ3n) is 7.14. The molecule has 1 atom stereocenters. The Morgan fingerprint density at radius 2 is 1.73 bits per heavy atom. The van der Waals surface area contributed by atoms with E-state index < -0.39 is 0 Å². The number of rotatable bonds is 3. The van der Waals surface area contributed by atoms with Crippen LogP contribution in [-0.4, -0.2) is 28.2 Å². The van der Waals surface area contributed by atoms with Gasteiger partial charge in [-0.3, -0.25) is 0 Å². The molecule has 3 aromatic carbocycles. The number of aryl methyl sites for hydroxylation is 1. The molecule has 0 unspecified atom stereocenters. The van der Waals surface area contributed by atoms with E-state index in [-0.39, 0.29) is 12.8 Å². The molecule has 3 aliphatic heterocycles. The van der Waals surface area contributed by atoms with E-state index in [4.69, 9.17) is 29.0 Å². The lowest BCUT2D eigenvalue weighted by molar-refractivity contribution is 0.174. The van der Waals surface area contributed by atoms with E-state index in [1.807, 2.05) is 90.5 Å². The Balaban J connectivity index is 1.36. The number of hydrogen-bond acceptors (Lipinski definition) is 8. The summed E-state index contributed by atoms with van der Waals surface area (Å²) >= 11 is 3.51. The molecule has 40 heavy (non-hydrogen) atoms. The van der Waals surface area contributed by atoms with Gasteiger partial charge < -0.3 is 24.1 Å². The first kappa shape index (κ1) is 23.1. The van der Waals surface area contributed by atoms with Crippen LogP contribution < -0.4 is 19.7 Å². The molecule has 9 nitrogen and oxygen atoms in total. The van der Waals surface area contributed by atoms with Crippen molar-refractivity contribution in [2.24, 2.45) is 9.98 Å². The smallest absolute Gasteiger partial charge is 0.231 e. The maximum absolute atomic E-state index is 6.21. The molecule has 3 aliphatic rings. The first-order chi connectivity index (χ1) is 19.6. The number of amidine groups is 2. The van der Waals surface area contributed by atoms with Gasteiger partial charge >= 0.3 is 0 Å². The van der Waals surface area contributed by atoms with Crippen LogP contribution in [0.1, 0.15) is 23.1 Å². The Labute approximate surface area is 237 Å². The van der Waals surface area contributed by atoms with Crippen LogP contribution in [-0.2, 0) is 0 Å². The highest BCUT2D eigenvalue weighted by Crippen LogP contribution is 2.49. The van der Waals surface area contributed by atoms with Crippen molar-refractivity contribution in [3.63, 3.8) is 0 Å². The second kappa shape index (κ2) is 8.85. The SMILES string of the molecule is Cc1nn(-c2ccccc2)c2c1[C@@H](c1ccc(Br)o1)N1C(=N2)C(Nc2ccc3c(c2)OCO3)=Nc2ccccc21. The zero-order valence-corrected chi connectivity index (χ0v) is 22.8. The standard InChI is InChI=1S/C30H21BrN6O3/c1-17-26-27(23-13-14-25(31)40-23)36-21-10-6-5-9-20(21)33-28(32-18-11-12-22-24(15-18)39-16-38-22)30(36)34-29(26)37(35-17)19-7-3-2-4-8-19/h2-15,27H,16H2,1H3,(H,32,33)/t27-/m1/s1. The number of nitrogens with one attached hydrogen (secondary N) is 1. The van der Waals surface area contributed by atoms with E-state index in [1.165, 1.54) is 0 Å². The maximum atomic E-state index is 6.21. The maximum Gasteiger partial charge on any atom is 0.231 e. The number of aromatic nitrogens is 2. The summed E-state index contributed by atoms with van der Waals surface area (Å²) in [6.45, 7) is 2.22. The minimum Gasteiger partial charge on any atom is -0.454 e. The number of aliphatic imine (C=N–C) groups is 2. The molecular weight excluding hydrogens is 572 g/mol. The number of fused-ring (bicyclic) bond motifs is 5. The number of benzene rings is 3. The number of furan rings is 1. The minimum atomic E-state index is -0.337. The molecule has 1 N–H and O–H groups in total. The first-order valence-electron chi connectivity index (χ1n) is 12.8. The second-order valence-corrected chi connectivity index (χ2v) is 10.3. The highest BCUT2D eigenvalue weighted by molar-refractivity contribution is 9.10. The van der Waals surface area contributed by atoms with Gasteiger partial charge in [0.15, 0.2) is 33.7 Å². The van der Waals surface area contributed by atoms with Gasteiger partial charge in [0.1, 0.15) is 11.8 Å². The van der Waals surface area contributed by atoms with Crippen LogP contribution in [0.4, 0.5) is 22.9 Å². The van der Waals surface area contributed by atoms with Crippen molar-refractivity contribution in [1.82, 2.24) is 9.78 Å². The Hall–Kier alpha value is -4.83. The average molecular weight is 593 g/mol. The summed E-state index contributed by atoms with van der Waals surface area (Å²) in [7, 11) is 0. The van der Waals surface area contributed by atoms with Crippen LogP contribution >= 0.6 is 15.9 Å². The molecule has 0 radical (unpaired) electrons.